The van der Waals surface area contributed by atoms with Gasteiger partial charge >= 0.3 is 0 Å². The molecule has 0 radical (unpaired) electrons. The van der Waals surface area contributed by atoms with Crippen molar-refractivity contribution in [1.82, 2.24) is 10.2 Å². The second-order valence-corrected chi connectivity index (χ2v) is 7.64. The Morgan fingerprint density at radius 3 is 2.24 bits per heavy atom. The number of benzene rings is 2. The fourth-order valence-electron chi connectivity index (χ4n) is 3.25. The Balaban J connectivity index is 1.68. The molecule has 0 amide bonds. The van der Waals surface area contributed by atoms with Gasteiger partial charge in [-0.1, -0.05) is 51.0 Å². The summed E-state index contributed by atoms with van der Waals surface area (Å²) in [6.45, 7) is 10.5. The molecular formula is C25H37FN2O. The predicted octanol–water partition coefficient (Wildman–Crippen LogP) is 5.79. The Kier molecular flexibility index (Phi) is 11.4. The Bertz CT molecular complexity index is 667. The third-order valence-electron chi connectivity index (χ3n) is 5.03. The number of halogens is 1. The SMILES string of the molecule is CCCCN(CCCC)CCCNCc1cccc(OCc2ccc(F)cc2)c1. The number of rotatable bonds is 15. The quantitative estimate of drug-likeness (QED) is 0.383. The highest BCUT2D eigenvalue weighted by Gasteiger charge is 2.04. The number of hydrogen-bond donors (Lipinski definition) is 1. The van der Waals surface area contributed by atoms with Crippen LogP contribution in [0.15, 0.2) is 48.5 Å². The Labute approximate surface area is 176 Å². The van der Waals surface area contributed by atoms with E-state index in [1.54, 1.807) is 12.1 Å². The maximum absolute atomic E-state index is 13.0. The zero-order chi connectivity index (χ0) is 20.7. The molecule has 0 spiro atoms. The smallest absolute Gasteiger partial charge is 0.123 e. The van der Waals surface area contributed by atoms with Gasteiger partial charge in [0.1, 0.15) is 18.2 Å². The summed E-state index contributed by atoms with van der Waals surface area (Å²) in [7, 11) is 0. The molecule has 0 heterocycles. The van der Waals surface area contributed by atoms with Crippen molar-refractivity contribution in [2.24, 2.45) is 0 Å². The number of nitrogens with zero attached hydrogens (tertiary/aromatic N) is 1. The largest absolute Gasteiger partial charge is 0.489 e. The van der Waals surface area contributed by atoms with Crippen LogP contribution in [0.5, 0.6) is 5.75 Å². The minimum absolute atomic E-state index is 0.222. The molecule has 0 fully saturated rings. The molecular weight excluding hydrogens is 363 g/mol. The van der Waals surface area contributed by atoms with Crippen LogP contribution in [0.3, 0.4) is 0 Å². The van der Waals surface area contributed by atoms with Gasteiger partial charge in [-0.3, -0.25) is 0 Å². The monoisotopic (exact) mass is 400 g/mol. The van der Waals surface area contributed by atoms with Crippen LogP contribution in [-0.2, 0) is 13.2 Å². The lowest BCUT2D eigenvalue weighted by Gasteiger charge is -2.22. The minimum Gasteiger partial charge on any atom is -0.489 e. The van der Waals surface area contributed by atoms with Crippen molar-refractivity contribution >= 4 is 0 Å². The molecule has 2 aromatic carbocycles. The third kappa shape index (κ3) is 9.91. The Morgan fingerprint density at radius 2 is 1.55 bits per heavy atom. The number of unbranched alkanes of at least 4 members (excludes halogenated alkanes) is 2. The van der Waals surface area contributed by atoms with Crippen molar-refractivity contribution in [3.8, 4) is 5.75 Å². The van der Waals surface area contributed by atoms with E-state index in [0.717, 1.165) is 24.4 Å². The van der Waals surface area contributed by atoms with Gasteiger partial charge in [0.2, 0.25) is 0 Å². The van der Waals surface area contributed by atoms with E-state index in [2.05, 4.69) is 36.2 Å². The summed E-state index contributed by atoms with van der Waals surface area (Å²) in [5.74, 6) is 0.625. The Morgan fingerprint density at radius 1 is 0.862 bits per heavy atom. The molecule has 29 heavy (non-hydrogen) atoms. The highest BCUT2D eigenvalue weighted by Crippen LogP contribution is 2.15. The summed E-state index contributed by atoms with van der Waals surface area (Å²) >= 11 is 0. The normalized spacial score (nSPS) is 11.2. The molecule has 0 aromatic heterocycles. The van der Waals surface area contributed by atoms with Gasteiger partial charge in [-0.05, 0) is 80.8 Å². The molecule has 0 aliphatic heterocycles. The van der Waals surface area contributed by atoms with Gasteiger partial charge in [0.05, 0.1) is 0 Å². The summed E-state index contributed by atoms with van der Waals surface area (Å²) in [6.07, 6.45) is 6.29. The number of nitrogens with one attached hydrogen (secondary N) is 1. The predicted molar refractivity (Wildman–Crippen MR) is 120 cm³/mol. The first-order chi connectivity index (χ1) is 14.2. The van der Waals surface area contributed by atoms with E-state index in [9.17, 15) is 4.39 Å². The average Bonchev–Trinajstić information content (AvgIpc) is 2.75. The van der Waals surface area contributed by atoms with Crippen molar-refractivity contribution in [2.45, 2.75) is 59.1 Å². The van der Waals surface area contributed by atoms with E-state index in [1.165, 1.54) is 69.4 Å². The second kappa shape index (κ2) is 14.1. The molecule has 2 rings (SSSR count). The van der Waals surface area contributed by atoms with Gasteiger partial charge in [0.25, 0.3) is 0 Å². The summed E-state index contributed by atoms with van der Waals surface area (Å²) in [5, 5.41) is 3.55. The van der Waals surface area contributed by atoms with Crippen LogP contribution in [0.2, 0.25) is 0 Å². The lowest BCUT2D eigenvalue weighted by Crippen LogP contribution is -2.29. The van der Waals surface area contributed by atoms with Crippen LogP contribution < -0.4 is 10.1 Å². The van der Waals surface area contributed by atoms with Gasteiger partial charge < -0.3 is 15.0 Å². The maximum atomic E-state index is 13.0. The molecule has 4 heteroatoms. The molecule has 0 aliphatic rings. The first-order valence-corrected chi connectivity index (χ1v) is 11.1. The average molecular weight is 401 g/mol. The lowest BCUT2D eigenvalue weighted by molar-refractivity contribution is 0.261. The first-order valence-electron chi connectivity index (χ1n) is 11.1. The highest BCUT2D eigenvalue weighted by atomic mass is 19.1. The number of hydrogen-bond acceptors (Lipinski definition) is 3. The van der Waals surface area contributed by atoms with E-state index in [1.807, 2.05) is 12.1 Å². The summed E-state index contributed by atoms with van der Waals surface area (Å²) in [4.78, 5) is 2.61. The van der Waals surface area contributed by atoms with Crippen LogP contribution in [-0.4, -0.2) is 31.1 Å². The van der Waals surface area contributed by atoms with Crippen LogP contribution in [0.1, 0.15) is 57.1 Å². The topological polar surface area (TPSA) is 24.5 Å². The van der Waals surface area contributed by atoms with Crippen LogP contribution in [0.4, 0.5) is 4.39 Å². The van der Waals surface area contributed by atoms with E-state index in [-0.39, 0.29) is 5.82 Å². The molecule has 0 aliphatic carbocycles. The van der Waals surface area contributed by atoms with Crippen molar-refractivity contribution in [1.29, 1.82) is 0 Å². The molecule has 160 valence electrons. The fourth-order valence-corrected chi connectivity index (χ4v) is 3.25. The minimum atomic E-state index is -0.222. The van der Waals surface area contributed by atoms with Crippen molar-refractivity contribution in [2.75, 3.05) is 26.2 Å². The Hall–Kier alpha value is -1.91. The van der Waals surface area contributed by atoms with E-state index >= 15 is 0 Å². The van der Waals surface area contributed by atoms with Crippen molar-refractivity contribution in [3.05, 3.63) is 65.5 Å². The van der Waals surface area contributed by atoms with E-state index in [4.69, 9.17) is 4.74 Å². The van der Waals surface area contributed by atoms with Crippen LogP contribution in [0.25, 0.3) is 0 Å². The van der Waals surface area contributed by atoms with Gasteiger partial charge in [0, 0.05) is 6.54 Å². The molecule has 2 aromatic rings. The molecule has 1 N–H and O–H groups in total. The second-order valence-electron chi connectivity index (χ2n) is 7.64. The summed E-state index contributed by atoms with van der Waals surface area (Å²) in [6, 6.07) is 14.6. The van der Waals surface area contributed by atoms with Gasteiger partial charge in [-0.2, -0.15) is 0 Å². The molecule has 0 saturated carbocycles. The first kappa shape index (κ1) is 23.4. The molecule has 0 atom stereocenters. The molecule has 3 nitrogen and oxygen atoms in total. The number of ether oxygens (including phenoxy) is 1. The molecule has 0 bridgehead atoms. The van der Waals surface area contributed by atoms with Gasteiger partial charge in [-0.15, -0.1) is 0 Å². The standard InChI is InChI=1S/C25H37FN2O/c1-3-5-16-28(17-6-4-2)18-8-15-27-20-23-9-7-10-25(19-23)29-21-22-11-13-24(26)14-12-22/h7,9-14,19,27H,3-6,8,15-18,20-21H2,1-2H3. The van der Waals surface area contributed by atoms with Crippen LogP contribution >= 0.6 is 0 Å². The zero-order valence-corrected chi connectivity index (χ0v) is 18.1. The highest BCUT2D eigenvalue weighted by molar-refractivity contribution is 5.29. The van der Waals surface area contributed by atoms with Crippen molar-refractivity contribution < 1.29 is 9.13 Å². The zero-order valence-electron chi connectivity index (χ0n) is 18.1. The van der Waals surface area contributed by atoms with Gasteiger partial charge in [-0.25, -0.2) is 4.39 Å². The van der Waals surface area contributed by atoms with E-state index in [0.29, 0.717) is 6.61 Å². The summed E-state index contributed by atoms with van der Waals surface area (Å²) < 4.78 is 18.8. The summed E-state index contributed by atoms with van der Waals surface area (Å²) in [5.41, 5.74) is 2.18. The maximum Gasteiger partial charge on any atom is 0.123 e. The lowest BCUT2D eigenvalue weighted by atomic mass is 10.2. The molecule has 0 unspecified atom stereocenters. The fraction of sp³-hybridized carbons (Fsp3) is 0.520. The van der Waals surface area contributed by atoms with E-state index < -0.39 is 0 Å². The third-order valence-corrected chi connectivity index (χ3v) is 5.03. The molecule has 0 saturated heterocycles. The van der Waals surface area contributed by atoms with Crippen LogP contribution in [0, 0.1) is 5.82 Å². The van der Waals surface area contributed by atoms with Crippen molar-refractivity contribution in [3.63, 3.8) is 0 Å². The van der Waals surface area contributed by atoms with Gasteiger partial charge in [0.15, 0.2) is 0 Å².